The van der Waals surface area contributed by atoms with Crippen molar-refractivity contribution in [3.05, 3.63) is 24.2 Å². The van der Waals surface area contributed by atoms with Crippen LogP contribution in [-0.4, -0.2) is 25.8 Å². The molecule has 0 aromatic carbocycles. The molecule has 1 aromatic heterocycles. The van der Waals surface area contributed by atoms with Gasteiger partial charge in [-0.25, -0.2) is 0 Å². The molecule has 2 rings (SSSR count). The van der Waals surface area contributed by atoms with Gasteiger partial charge in [0, 0.05) is 19.1 Å². The van der Waals surface area contributed by atoms with Crippen molar-refractivity contribution in [3.63, 3.8) is 0 Å². The number of nitrogens with one attached hydrogen (secondary N) is 1. The summed E-state index contributed by atoms with van der Waals surface area (Å²) in [5.74, 6) is 1.07. The van der Waals surface area contributed by atoms with Gasteiger partial charge in [-0.3, -0.25) is 0 Å². The van der Waals surface area contributed by atoms with Crippen LogP contribution in [0.4, 0.5) is 0 Å². The van der Waals surface area contributed by atoms with E-state index in [0.29, 0.717) is 11.8 Å². The number of hydrogen-bond acceptors (Lipinski definition) is 3. The van der Waals surface area contributed by atoms with E-state index in [2.05, 4.69) is 25.2 Å². The zero-order valence-electron chi connectivity index (χ0n) is 10.1. The van der Waals surface area contributed by atoms with Crippen LogP contribution in [0.5, 0.6) is 0 Å². The van der Waals surface area contributed by atoms with Gasteiger partial charge in [0.25, 0.3) is 0 Å². The highest BCUT2D eigenvalue weighted by Crippen LogP contribution is 2.28. The molecule has 0 amide bonds. The summed E-state index contributed by atoms with van der Waals surface area (Å²) < 4.78 is 11.1. The summed E-state index contributed by atoms with van der Waals surface area (Å²) in [5, 5.41) is 3.39. The van der Waals surface area contributed by atoms with Gasteiger partial charge in [0.1, 0.15) is 0 Å². The van der Waals surface area contributed by atoms with Gasteiger partial charge < -0.3 is 14.5 Å². The average molecular weight is 223 g/mol. The molecule has 0 saturated carbocycles. The van der Waals surface area contributed by atoms with E-state index in [1.807, 2.05) is 6.26 Å². The van der Waals surface area contributed by atoms with Crippen LogP contribution in [0.15, 0.2) is 23.0 Å². The average Bonchev–Trinajstić information content (AvgIpc) is 2.80. The Morgan fingerprint density at radius 3 is 3.12 bits per heavy atom. The molecular weight excluding hydrogens is 202 g/mol. The summed E-state index contributed by atoms with van der Waals surface area (Å²) >= 11 is 0. The van der Waals surface area contributed by atoms with Crippen LogP contribution >= 0.6 is 0 Å². The third-order valence-electron chi connectivity index (χ3n) is 3.04. The van der Waals surface area contributed by atoms with Crippen LogP contribution in [-0.2, 0) is 4.74 Å². The van der Waals surface area contributed by atoms with Crippen LogP contribution in [0.3, 0.4) is 0 Å². The fraction of sp³-hybridized carbons (Fsp3) is 0.692. The molecule has 0 spiro atoms. The van der Waals surface area contributed by atoms with Gasteiger partial charge in [0.2, 0.25) is 0 Å². The lowest BCUT2D eigenvalue weighted by Gasteiger charge is -2.32. The molecule has 0 radical (unpaired) electrons. The van der Waals surface area contributed by atoms with Crippen molar-refractivity contribution in [2.24, 2.45) is 5.92 Å². The Morgan fingerprint density at radius 1 is 1.56 bits per heavy atom. The maximum absolute atomic E-state index is 5.98. The van der Waals surface area contributed by atoms with Crippen LogP contribution in [0.1, 0.15) is 31.7 Å². The lowest BCUT2D eigenvalue weighted by molar-refractivity contribution is 0.00771. The van der Waals surface area contributed by atoms with Crippen molar-refractivity contribution < 1.29 is 9.15 Å². The lowest BCUT2D eigenvalue weighted by atomic mass is 9.89. The Labute approximate surface area is 97.2 Å². The monoisotopic (exact) mass is 223 g/mol. The summed E-state index contributed by atoms with van der Waals surface area (Å²) in [6, 6.07) is 2.06. The minimum Gasteiger partial charge on any atom is -0.472 e. The van der Waals surface area contributed by atoms with Gasteiger partial charge in [0.15, 0.2) is 0 Å². The molecule has 1 saturated heterocycles. The largest absolute Gasteiger partial charge is 0.472 e. The number of furan rings is 1. The summed E-state index contributed by atoms with van der Waals surface area (Å²) in [7, 11) is 0. The fourth-order valence-electron chi connectivity index (χ4n) is 2.19. The standard InChI is InChI=1S/C13H21NO2/c1-10(2)8-16-13-7-14-5-3-12(13)11-4-6-15-9-11/h4,6,9-10,12-14H,3,5,7-8H2,1-2H3/t12-,13-/m1/s1. The molecule has 1 aromatic rings. The van der Waals surface area contributed by atoms with E-state index < -0.39 is 0 Å². The van der Waals surface area contributed by atoms with Crippen LogP contribution in [0.25, 0.3) is 0 Å². The minimum atomic E-state index is 0.286. The molecule has 1 aliphatic rings. The Hall–Kier alpha value is -0.800. The molecule has 3 heteroatoms. The summed E-state index contributed by atoms with van der Waals surface area (Å²) in [5.41, 5.74) is 1.27. The number of rotatable bonds is 4. The quantitative estimate of drug-likeness (QED) is 0.851. The van der Waals surface area contributed by atoms with Gasteiger partial charge in [-0.1, -0.05) is 13.8 Å². The molecular formula is C13H21NO2. The number of hydrogen-bond donors (Lipinski definition) is 1. The Bertz CT molecular complexity index is 295. The molecule has 1 aliphatic heterocycles. The smallest absolute Gasteiger partial charge is 0.0938 e. The molecule has 90 valence electrons. The first-order valence-electron chi connectivity index (χ1n) is 6.12. The molecule has 2 heterocycles. The molecule has 1 N–H and O–H groups in total. The highest BCUT2D eigenvalue weighted by Gasteiger charge is 2.27. The van der Waals surface area contributed by atoms with Crippen LogP contribution in [0, 0.1) is 5.92 Å². The first-order valence-corrected chi connectivity index (χ1v) is 6.12. The fourth-order valence-corrected chi connectivity index (χ4v) is 2.19. The van der Waals surface area contributed by atoms with Crippen molar-refractivity contribution in [3.8, 4) is 0 Å². The SMILES string of the molecule is CC(C)CO[C@@H]1CNCC[C@@H]1c1ccoc1. The zero-order valence-corrected chi connectivity index (χ0v) is 10.1. The number of ether oxygens (including phenoxy) is 1. The Balaban J connectivity index is 1.97. The second-order valence-corrected chi connectivity index (χ2v) is 4.92. The Morgan fingerprint density at radius 2 is 2.44 bits per heavy atom. The maximum Gasteiger partial charge on any atom is 0.0938 e. The van der Waals surface area contributed by atoms with E-state index in [-0.39, 0.29) is 6.10 Å². The minimum absolute atomic E-state index is 0.286. The summed E-state index contributed by atoms with van der Waals surface area (Å²) in [4.78, 5) is 0. The third-order valence-corrected chi connectivity index (χ3v) is 3.04. The van der Waals surface area contributed by atoms with Crippen molar-refractivity contribution in [1.29, 1.82) is 0 Å². The number of piperidine rings is 1. The van der Waals surface area contributed by atoms with E-state index in [4.69, 9.17) is 9.15 Å². The molecule has 0 unspecified atom stereocenters. The third kappa shape index (κ3) is 2.86. The Kier molecular flexibility index (Phi) is 4.02. The lowest BCUT2D eigenvalue weighted by Crippen LogP contribution is -2.41. The van der Waals surface area contributed by atoms with Crippen molar-refractivity contribution in [2.45, 2.75) is 32.3 Å². The van der Waals surface area contributed by atoms with Gasteiger partial charge in [-0.15, -0.1) is 0 Å². The summed E-state index contributed by atoms with van der Waals surface area (Å²) in [6.07, 6.45) is 5.01. The molecule has 1 fully saturated rings. The highest BCUT2D eigenvalue weighted by molar-refractivity contribution is 5.15. The van der Waals surface area contributed by atoms with E-state index >= 15 is 0 Å². The van der Waals surface area contributed by atoms with E-state index in [0.717, 1.165) is 26.1 Å². The van der Waals surface area contributed by atoms with Gasteiger partial charge in [-0.05, 0) is 30.5 Å². The van der Waals surface area contributed by atoms with Crippen molar-refractivity contribution in [2.75, 3.05) is 19.7 Å². The van der Waals surface area contributed by atoms with Crippen molar-refractivity contribution in [1.82, 2.24) is 5.32 Å². The van der Waals surface area contributed by atoms with E-state index in [9.17, 15) is 0 Å². The summed E-state index contributed by atoms with van der Waals surface area (Å²) in [6.45, 7) is 7.22. The normalized spacial score (nSPS) is 26.2. The van der Waals surface area contributed by atoms with Crippen molar-refractivity contribution >= 4 is 0 Å². The second-order valence-electron chi connectivity index (χ2n) is 4.92. The van der Waals surface area contributed by atoms with E-state index in [1.165, 1.54) is 5.56 Å². The topological polar surface area (TPSA) is 34.4 Å². The maximum atomic E-state index is 5.98. The van der Waals surface area contributed by atoms with Gasteiger partial charge in [-0.2, -0.15) is 0 Å². The highest BCUT2D eigenvalue weighted by atomic mass is 16.5. The molecule has 16 heavy (non-hydrogen) atoms. The first kappa shape index (κ1) is 11.7. The molecule has 0 aliphatic carbocycles. The first-order chi connectivity index (χ1) is 7.77. The molecule has 2 atom stereocenters. The predicted octanol–water partition coefficient (Wildman–Crippen LogP) is 2.40. The van der Waals surface area contributed by atoms with Crippen LogP contribution in [0.2, 0.25) is 0 Å². The zero-order chi connectivity index (χ0) is 11.4. The molecule has 0 bridgehead atoms. The van der Waals surface area contributed by atoms with Crippen LogP contribution < -0.4 is 5.32 Å². The predicted molar refractivity (Wildman–Crippen MR) is 63.5 cm³/mol. The van der Waals surface area contributed by atoms with Gasteiger partial charge in [0.05, 0.1) is 18.6 Å². The van der Waals surface area contributed by atoms with E-state index in [1.54, 1.807) is 6.26 Å². The van der Waals surface area contributed by atoms with Gasteiger partial charge >= 0.3 is 0 Å². The molecule has 3 nitrogen and oxygen atoms in total. The second kappa shape index (κ2) is 5.51.